The monoisotopic (exact) mass is 166 g/mol. The molecule has 0 aromatic heterocycles. The molecule has 0 aliphatic carbocycles. The Balaban J connectivity index is 3.47. The van der Waals surface area contributed by atoms with E-state index >= 15 is 0 Å². The molecule has 0 aromatic rings. The molecule has 0 amide bonds. The Morgan fingerprint density at radius 1 is 1.44 bits per heavy atom. The van der Waals surface area contributed by atoms with Crippen LogP contribution in [0.5, 0.6) is 0 Å². The van der Waals surface area contributed by atoms with E-state index in [1.165, 1.54) is 0 Å². The second kappa shape index (κ2) is 3.72. The quantitative estimate of drug-likeness (QED) is 0.568. The molecule has 0 rings (SSSR count). The lowest BCUT2D eigenvalue weighted by Crippen LogP contribution is -2.14. The molecular formula is C7H15ClS. The Hall–Kier alpha value is 0.640. The van der Waals surface area contributed by atoms with Crippen LogP contribution in [0.15, 0.2) is 0 Å². The van der Waals surface area contributed by atoms with Crippen molar-refractivity contribution in [3.63, 3.8) is 0 Å². The average molecular weight is 167 g/mol. The van der Waals surface area contributed by atoms with Gasteiger partial charge in [-0.05, 0) is 0 Å². The van der Waals surface area contributed by atoms with Gasteiger partial charge in [0.25, 0.3) is 0 Å². The first-order chi connectivity index (χ1) is 3.95. The summed E-state index contributed by atoms with van der Waals surface area (Å²) >= 11 is 7.56. The molecular weight excluding hydrogens is 152 g/mol. The second-order valence-electron chi connectivity index (χ2n) is 3.20. The lowest BCUT2D eigenvalue weighted by atomic mass is 10.3. The van der Waals surface area contributed by atoms with Gasteiger partial charge in [0.15, 0.2) is 0 Å². The predicted octanol–water partition coefficient (Wildman–Crippen LogP) is 3.15. The zero-order chi connectivity index (χ0) is 7.49. The van der Waals surface area contributed by atoms with Crippen molar-refractivity contribution in [1.82, 2.24) is 0 Å². The van der Waals surface area contributed by atoms with Crippen LogP contribution in [-0.2, 0) is 0 Å². The van der Waals surface area contributed by atoms with Crippen LogP contribution >= 0.6 is 23.4 Å². The summed E-state index contributed by atoms with van der Waals surface area (Å²) in [6, 6.07) is 0. The van der Waals surface area contributed by atoms with Crippen LogP contribution in [-0.4, -0.2) is 15.9 Å². The predicted molar refractivity (Wildman–Crippen MR) is 47.5 cm³/mol. The molecule has 0 saturated carbocycles. The van der Waals surface area contributed by atoms with Crippen molar-refractivity contribution < 1.29 is 0 Å². The molecule has 0 aliphatic rings. The minimum atomic E-state index is 0.355. The molecule has 0 aromatic carbocycles. The highest BCUT2D eigenvalue weighted by Gasteiger charge is 2.14. The molecule has 0 N–H and O–H groups in total. The topological polar surface area (TPSA) is 0 Å². The fourth-order valence-electron chi connectivity index (χ4n) is 0.635. The van der Waals surface area contributed by atoms with Gasteiger partial charge in [-0.2, -0.15) is 11.8 Å². The molecule has 0 radical (unpaired) electrons. The van der Waals surface area contributed by atoms with Gasteiger partial charge in [-0.3, -0.25) is 0 Å². The van der Waals surface area contributed by atoms with Crippen LogP contribution in [0.1, 0.15) is 27.7 Å². The average Bonchev–Trinajstić information content (AvgIpc) is 1.62. The van der Waals surface area contributed by atoms with Gasteiger partial charge in [-0.25, -0.2) is 0 Å². The lowest BCUT2D eigenvalue weighted by molar-refractivity contribution is 0.796. The van der Waals surface area contributed by atoms with E-state index in [1.54, 1.807) is 0 Å². The van der Waals surface area contributed by atoms with Crippen molar-refractivity contribution in [3.8, 4) is 0 Å². The highest BCUT2D eigenvalue weighted by molar-refractivity contribution is 8.01. The molecule has 0 aliphatic heterocycles. The van der Waals surface area contributed by atoms with Crippen molar-refractivity contribution in [1.29, 1.82) is 0 Å². The molecule has 1 atom stereocenters. The molecule has 2 heteroatoms. The van der Waals surface area contributed by atoms with Crippen molar-refractivity contribution in [2.45, 2.75) is 37.7 Å². The SMILES string of the molecule is CC(CCl)SC(C)(C)C. The zero-order valence-corrected chi connectivity index (χ0v) is 8.14. The molecule has 56 valence electrons. The van der Waals surface area contributed by atoms with E-state index in [-0.39, 0.29) is 0 Å². The maximum Gasteiger partial charge on any atom is 0.0340 e. The van der Waals surface area contributed by atoms with Crippen molar-refractivity contribution in [3.05, 3.63) is 0 Å². The Bertz CT molecular complexity index is 75.5. The molecule has 0 bridgehead atoms. The molecule has 0 fully saturated rings. The van der Waals surface area contributed by atoms with E-state index in [4.69, 9.17) is 11.6 Å². The minimum absolute atomic E-state index is 0.355. The van der Waals surface area contributed by atoms with E-state index in [1.807, 2.05) is 11.8 Å². The summed E-state index contributed by atoms with van der Waals surface area (Å²) < 4.78 is 0.355. The van der Waals surface area contributed by atoms with Gasteiger partial charge in [0.2, 0.25) is 0 Å². The van der Waals surface area contributed by atoms with Crippen molar-refractivity contribution in [2.24, 2.45) is 0 Å². The molecule has 0 spiro atoms. The van der Waals surface area contributed by atoms with Gasteiger partial charge in [-0.1, -0.05) is 27.7 Å². The first kappa shape index (κ1) is 9.64. The summed E-state index contributed by atoms with van der Waals surface area (Å²) in [6.07, 6.45) is 0. The number of hydrogen-bond donors (Lipinski definition) is 0. The third kappa shape index (κ3) is 6.53. The fraction of sp³-hybridized carbons (Fsp3) is 1.00. The van der Waals surface area contributed by atoms with Crippen molar-refractivity contribution in [2.75, 3.05) is 5.88 Å². The Morgan fingerprint density at radius 2 is 1.89 bits per heavy atom. The maximum absolute atomic E-state index is 5.64. The molecule has 0 heterocycles. The van der Waals surface area contributed by atoms with E-state index in [2.05, 4.69) is 27.7 Å². The standard InChI is InChI=1S/C7H15ClS/c1-6(5-8)9-7(2,3)4/h6H,5H2,1-4H3. The summed E-state index contributed by atoms with van der Waals surface area (Å²) in [5, 5.41) is 0.576. The maximum atomic E-state index is 5.64. The van der Waals surface area contributed by atoms with Crippen LogP contribution in [0, 0.1) is 0 Å². The summed E-state index contributed by atoms with van der Waals surface area (Å²) in [6.45, 7) is 8.78. The van der Waals surface area contributed by atoms with E-state index in [0.29, 0.717) is 10.00 Å². The van der Waals surface area contributed by atoms with E-state index in [0.717, 1.165) is 5.88 Å². The number of halogens is 1. The van der Waals surface area contributed by atoms with Gasteiger partial charge < -0.3 is 0 Å². The van der Waals surface area contributed by atoms with Crippen LogP contribution in [0.25, 0.3) is 0 Å². The van der Waals surface area contributed by atoms with Gasteiger partial charge >= 0.3 is 0 Å². The number of thioether (sulfide) groups is 1. The molecule has 0 nitrogen and oxygen atoms in total. The normalized spacial score (nSPS) is 15.7. The van der Waals surface area contributed by atoms with Crippen LogP contribution in [0.2, 0.25) is 0 Å². The summed E-state index contributed by atoms with van der Waals surface area (Å²) in [7, 11) is 0. The summed E-state index contributed by atoms with van der Waals surface area (Å²) in [4.78, 5) is 0. The second-order valence-corrected chi connectivity index (χ2v) is 5.77. The molecule has 0 saturated heterocycles. The Kier molecular flexibility index (Phi) is 3.99. The number of hydrogen-bond acceptors (Lipinski definition) is 1. The molecule has 9 heavy (non-hydrogen) atoms. The van der Waals surface area contributed by atoms with Crippen LogP contribution < -0.4 is 0 Å². The van der Waals surface area contributed by atoms with E-state index in [9.17, 15) is 0 Å². The third-order valence-electron chi connectivity index (χ3n) is 0.772. The van der Waals surface area contributed by atoms with Gasteiger partial charge in [0.05, 0.1) is 0 Å². The number of alkyl halides is 1. The third-order valence-corrected chi connectivity index (χ3v) is 2.69. The number of rotatable bonds is 2. The fourth-order valence-corrected chi connectivity index (χ4v) is 2.09. The summed E-state index contributed by atoms with van der Waals surface area (Å²) in [5.74, 6) is 0.752. The van der Waals surface area contributed by atoms with Gasteiger partial charge in [0.1, 0.15) is 0 Å². The zero-order valence-electron chi connectivity index (χ0n) is 6.57. The van der Waals surface area contributed by atoms with Crippen molar-refractivity contribution >= 4 is 23.4 Å². The van der Waals surface area contributed by atoms with Crippen LogP contribution in [0.3, 0.4) is 0 Å². The van der Waals surface area contributed by atoms with Gasteiger partial charge in [0, 0.05) is 15.9 Å². The highest BCUT2D eigenvalue weighted by atomic mass is 35.5. The van der Waals surface area contributed by atoms with Gasteiger partial charge in [-0.15, -0.1) is 11.6 Å². The highest BCUT2D eigenvalue weighted by Crippen LogP contribution is 2.27. The summed E-state index contributed by atoms with van der Waals surface area (Å²) in [5.41, 5.74) is 0. The molecule has 1 unspecified atom stereocenters. The first-order valence-electron chi connectivity index (χ1n) is 3.19. The Labute approximate surface area is 67.4 Å². The smallest absolute Gasteiger partial charge is 0.0340 e. The van der Waals surface area contributed by atoms with E-state index < -0.39 is 0 Å². The van der Waals surface area contributed by atoms with Crippen LogP contribution in [0.4, 0.5) is 0 Å². The minimum Gasteiger partial charge on any atom is -0.152 e. The largest absolute Gasteiger partial charge is 0.152 e. The lowest BCUT2D eigenvalue weighted by Gasteiger charge is -2.21. The Morgan fingerprint density at radius 3 is 2.00 bits per heavy atom. The first-order valence-corrected chi connectivity index (χ1v) is 4.61.